The van der Waals surface area contributed by atoms with Gasteiger partial charge in [0.1, 0.15) is 10.8 Å². The van der Waals surface area contributed by atoms with E-state index in [2.05, 4.69) is 9.97 Å². The highest BCUT2D eigenvalue weighted by atomic mass is 32.2. The molecule has 0 bridgehead atoms. The van der Waals surface area contributed by atoms with Crippen molar-refractivity contribution in [2.24, 2.45) is 0 Å². The summed E-state index contributed by atoms with van der Waals surface area (Å²) in [6.07, 6.45) is 1.66. The van der Waals surface area contributed by atoms with E-state index in [1.807, 2.05) is 25.1 Å². The summed E-state index contributed by atoms with van der Waals surface area (Å²) < 4.78 is 5.22. The van der Waals surface area contributed by atoms with Crippen molar-refractivity contribution >= 4 is 17.7 Å². The minimum atomic E-state index is 0.317. The minimum absolute atomic E-state index is 0.317. The van der Waals surface area contributed by atoms with E-state index in [1.54, 1.807) is 18.0 Å². The molecule has 0 aliphatic rings. The molecule has 2 aromatic heterocycles. The molecule has 0 aliphatic carbocycles. The third kappa shape index (κ3) is 2.73. The van der Waals surface area contributed by atoms with Crippen LogP contribution < -0.4 is 5.73 Å². The molecule has 0 saturated carbocycles. The second kappa shape index (κ2) is 4.35. The lowest BCUT2D eigenvalue weighted by molar-refractivity contribution is 0.530. The van der Waals surface area contributed by atoms with Gasteiger partial charge in [-0.05, 0) is 25.1 Å². The van der Waals surface area contributed by atoms with E-state index in [0.717, 1.165) is 22.2 Å². The number of furan rings is 1. The molecule has 2 rings (SSSR count). The lowest BCUT2D eigenvalue weighted by atomic mass is 10.5. The Morgan fingerprint density at radius 1 is 1.47 bits per heavy atom. The normalized spacial score (nSPS) is 10.5. The van der Waals surface area contributed by atoms with E-state index < -0.39 is 0 Å². The van der Waals surface area contributed by atoms with Gasteiger partial charge in [0.05, 0.1) is 12.0 Å². The predicted molar refractivity (Wildman–Crippen MR) is 59.5 cm³/mol. The molecule has 0 aromatic carbocycles. The van der Waals surface area contributed by atoms with Gasteiger partial charge in [-0.1, -0.05) is 11.8 Å². The van der Waals surface area contributed by atoms with E-state index in [4.69, 9.17) is 10.2 Å². The van der Waals surface area contributed by atoms with Crippen molar-refractivity contribution in [2.75, 3.05) is 5.73 Å². The van der Waals surface area contributed by atoms with Crippen LogP contribution in [0, 0.1) is 6.92 Å². The third-order valence-corrected chi connectivity index (χ3v) is 2.72. The molecule has 78 valence electrons. The van der Waals surface area contributed by atoms with Gasteiger partial charge in [-0.25, -0.2) is 9.97 Å². The van der Waals surface area contributed by atoms with Gasteiger partial charge in [-0.15, -0.1) is 0 Å². The number of aromatic nitrogens is 2. The van der Waals surface area contributed by atoms with E-state index >= 15 is 0 Å². The number of hydrogen-bond acceptors (Lipinski definition) is 5. The number of thioether (sulfide) groups is 1. The number of nitrogens with zero attached hydrogens (tertiary/aromatic N) is 2. The van der Waals surface area contributed by atoms with E-state index in [-0.39, 0.29) is 0 Å². The number of aryl methyl sites for hydroxylation is 1. The van der Waals surface area contributed by atoms with Gasteiger partial charge in [0.15, 0.2) is 0 Å². The Labute approximate surface area is 91.9 Å². The number of nitrogens with two attached hydrogens (primary N) is 1. The maximum absolute atomic E-state index is 5.55. The SMILES string of the molecule is Cc1cc(SCc2ccco2)nc(N)n1. The lowest BCUT2D eigenvalue weighted by Crippen LogP contribution is -1.97. The molecule has 2 heterocycles. The zero-order chi connectivity index (χ0) is 10.7. The summed E-state index contributed by atoms with van der Waals surface area (Å²) in [4.78, 5) is 8.13. The van der Waals surface area contributed by atoms with Crippen LogP contribution in [0.2, 0.25) is 0 Å². The predicted octanol–water partition coefficient (Wildman–Crippen LogP) is 2.25. The summed E-state index contributed by atoms with van der Waals surface area (Å²) in [6, 6.07) is 5.71. The van der Waals surface area contributed by atoms with Crippen molar-refractivity contribution in [3.8, 4) is 0 Å². The molecule has 0 fully saturated rings. The van der Waals surface area contributed by atoms with Crippen molar-refractivity contribution < 1.29 is 4.42 Å². The van der Waals surface area contributed by atoms with Crippen LogP contribution in [-0.4, -0.2) is 9.97 Å². The first-order chi connectivity index (χ1) is 7.24. The fraction of sp³-hybridized carbons (Fsp3) is 0.200. The largest absolute Gasteiger partial charge is 0.468 e. The Hall–Kier alpha value is -1.49. The smallest absolute Gasteiger partial charge is 0.221 e. The van der Waals surface area contributed by atoms with Crippen LogP contribution in [0.1, 0.15) is 11.5 Å². The van der Waals surface area contributed by atoms with Crippen LogP contribution >= 0.6 is 11.8 Å². The third-order valence-electron chi connectivity index (χ3n) is 1.79. The zero-order valence-corrected chi connectivity index (χ0v) is 9.12. The van der Waals surface area contributed by atoms with Crippen LogP contribution in [0.5, 0.6) is 0 Å². The lowest BCUT2D eigenvalue weighted by Gasteiger charge is -2.01. The number of rotatable bonds is 3. The zero-order valence-electron chi connectivity index (χ0n) is 8.30. The van der Waals surface area contributed by atoms with Gasteiger partial charge in [0, 0.05) is 5.69 Å². The summed E-state index contributed by atoms with van der Waals surface area (Å²) in [5, 5.41) is 0.872. The van der Waals surface area contributed by atoms with Crippen molar-refractivity contribution in [1.82, 2.24) is 9.97 Å². The quantitative estimate of drug-likeness (QED) is 0.636. The molecule has 2 aromatic rings. The second-order valence-electron chi connectivity index (χ2n) is 3.07. The molecule has 0 unspecified atom stereocenters. The molecule has 15 heavy (non-hydrogen) atoms. The average Bonchev–Trinajstić information content (AvgIpc) is 2.65. The maximum atomic E-state index is 5.55. The minimum Gasteiger partial charge on any atom is -0.468 e. The second-order valence-corrected chi connectivity index (χ2v) is 4.07. The topological polar surface area (TPSA) is 64.9 Å². The summed E-state index contributed by atoms with van der Waals surface area (Å²) in [6.45, 7) is 1.90. The van der Waals surface area contributed by atoms with Crippen LogP contribution in [0.25, 0.3) is 0 Å². The molecule has 4 nitrogen and oxygen atoms in total. The Balaban J connectivity index is 2.05. The Morgan fingerprint density at radius 3 is 3.00 bits per heavy atom. The van der Waals surface area contributed by atoms with Crippen molar-refractivity contribution in [3.05, 3.63) is 35.9 Å². The number of nitrogen functional groups attached to an aromatic ring is 1. The highest BCUT2D eigenvalue weighted by molar-refractivity contribution is 7.98. The number of anilines is 1. The monoisotopic (exact) mass is 221 g/mol. The first kappa shape index (κ1) is 10.0. The van der Waals surface area contributed by atoms with Gasteiger partial charge < -0.3 is 10.2 Å². The van der Waals surface area contributed by atoms with Crippen molar-refractivity contribution in [1.29, 1.82) is 0 Å². The van der Waals surface area contributed by atoms with Gasteiger partial charge in [-0.2, -0.15) is 0 Å². The Kier molecular flexibility index (Phi) is 2.91. The summed E-state index contributed by atoms with van der Waals surface area (Å²) in [7, 11) is 0. The fourth-order valence-corrected chi connectivity index (χ4v) is 2.04. The molecule has 0 saturated heterocycles. The van der Waals surface area contributed by atoms with Gasteiger partial charge >= 0.3 is 0 Å². The fourth-order valence-electron chi connectivity index (χ4n) is 1.18. The molecule has 0 spiro atoms. The molecule has 5 heteroatoms. The van der Waals surface area contributed by atoms with Crippen LogP contribution in [0.15, 0.2) is 33.9 Å². The van der Waals surface area contributed by atoms with E-state index in [1.165, 1.54) is 0 Å². The first-order valence-electron chi connectivity index (χ1n) is 4.50. The summed E-state index contributed by atoms with van der Waals surface area (Å²) >= 11 is 1.58. The molecule has 0 amide bonds. The molecule has 0 atom stereocenters. The van der Waals surface area contributed by atoms with Crippen LogP contribution in [0.4, 0.5) is 5.95 Å². The molecule has 2 N–H and O–H groups in total. The molecule has 0 radical (unpaired) electrons. The van der Waals surface area contributed by atoms with Gasteiger partial charge in [0.25, 0.3) is 0 Å². The Bertz CT molecular complexity index is 422. The molecular weight excluding hydrogens is 210 g/mol. The highest BCUT2D eigenvalue weighted by Crippen LogP contribution is 2.21. The van der Waals surface area contributed by atoms with E-state index in [9.17, 15) is 0 Å². The first-order valence-corrected chi connectivity index (χ1v) is 5.49. The van der Waals surface area contributed by atoms with Gasteiger partial charge in [-0.3, -0.25) is 0 Å². The van der Waals surface area contributed by atoms with Crippen molar-refractivity contribution in [2.45, 2.75) is 17.7 Å². The average molecular weight is 221 g/mol. The summed E-state index contributed by atoms with van der Waals surface area (Å²) in [5.74, 6) is 2.00. The van der Waals surface area contributed by atoms with Crippen molar-refractivity contribution in [3.63, 3.8) is 0 Å². The number of hydrogen-bond donors (Lipinski definition) is 1. The van der Waals surface area contributed by atoms with Crippen LogP contribution in [0.3, 0.4) is 0 Å². The van der Waals surface area contributed by atoms with Gasteiger partial charge in [0.2, 0.25) is 5.95 Å². The van der Waals surface area contributed by atoms with E-state index in [0.29, 0.717) is 5.95 Å². The standard InChI is InChI=1S/C10H11N3OS/c1-7-5-9(13-10(11)12-7)15-6-8-3-2-4-14-8/h2-5H,6H2,1H3,(H2,11,12,13). The molecule has 0 aliphatic heterocycles. The molecular formula is C10H11N3OS. The maximum Gasteiger partial charge on any atom is 0.221 e. The summed E-state index contributed by atoms with van der Waals surface area (Å²) in [5.41, 5.74) is 6.43. The Morgan fingerprint density at radius 2 is 2.33 bits per heavy atom. The highest BCUT2D eigenvalue weighted by Gasteiger charge is 2.02. The van der Waals surface area contributed by atoms with Crippen LogP contribution in [-0.2, 0) is 5.75 Å².